The Hall–Kier alpha value is -1.45. The van der Waals surface area contributed by atoms with Crippen LogP contribution in [0.25, 0.3) is 10.9 Å². The van der Waals surface area contributed by atoms with Crippen LogP contribution >= 0.6 is 27.5 Å². The van der Waals surface area contributed by atoms with Crippen LogP contribution in [-0.4, -0.2) is 4.98 Å². The van der Waals surface area contributed by atoms with Crippen LogP contribution in [0, 0.1) is 5.82 Å². The van der Waals surface area contributed by atoms with Gasteiger partial charge in [-0.25, -0.2) is 4.39 Å². The van der Waals surface area contributed by atoms with Gasteiger partial charge in [-0.1, -0.05) is 30.3 Å². The Morgan fingerprint density at radius 1 is 1.10 bits per heavy atom. The monoisotopic (exact) mass is 363 g/mol. The quantitative estimate of drug-likeness (QED) is 0.547. The second kappa shape index (κ2) is 6.12. The molecule has 3 rings (SSSR count). The Morgan fingerprint density at radius 3 is 2.71 bits per heavy atom. The van der Waals surface area contributed by atoms with Gasteiger partial charge in [0, 0.05) is 17.5 Å². The number of nitrogens with zero attached hydrogens (tertiary/aromatic N) is 1. The van der Waals surface area contributed by atoms with Gasteiger partial charge in [-0.05, 0) is 45.8 Å². The number of fused-ring (bicyclic) bond motifs is 1. The molecular formula is C17H12BrClFN. The van der Waals surface area contributed by atoms with E-state index in [1.165, 1.54) is 6.07 Å². The third-order valence-electron chi connectivity index (χ3n) is 3.35. The first-order chi connectivity index (χ1) is 10.1. The second-order valence-corrected chi connectivity index (χ2v) is 6.22. The molecule has 0 aliphatic heterocycles. The number of hydrogen-bond donors (Lipinski definition) is 0. The molecule has 0 amide bonds. The minimum absolute atomic E-state index is 0.240. The standard InChI is InChI=1S/C17H12BrClFN/c18-14-9-12(6-8-16(14)20)15(19)10-13-7-5-11-3-1-2-4-17(11)21-13/h1-9,15H,10H2. The molecule has 0 bridgehead atoms. The molecule has 1 atom stereocenters. The summed E-state index contributed by atoms with van der Waals surface area (Å²) in [6.45, 7) is 0. The highest BCUT2D eigenvalue weighted by molar-refractivity contribution is 9.10. The third-order valence-corrected chi connectivity index (χ3v) is 4.36. The Kier molecular flexibility index (Phi) is 4.22. The minimum atomic E-state index is -0.286. The summed E-state index contributed by atoms with van der Waals surface area (Å²) in [6.07, 6.45) is 0.602. The third kappa shape index (κ3) is 3.25. The topological polar surface area (TPSA) is 12.9 Å². The highest BCUT2D eigenvalue weighted by Gasteiger charge is 2.12. The summed E-state index contributed by atoms with van der Waals surface area (Å²) >= 11 is 9.62. The Bertz CT molecular complexity index is 791. The molecule has 0 aliphatic carbocycles. The predicted molar refractivity (Wildman–Crippen MR) is 88.1 cm³/mol. The molecule has 2 aromatic carbocycles. The molecule has 0 radical (unpaired) electrons. The summed E-state index contributed by atoms with van der Waals surface area (Å²) in [5, 5.41) is 0.868. The fourth-order valence-corrected chi connectivity index (χ4v) is 2.92. The number of para-hydroxylation sites is 1. The van der Waals surface area contributed by atoms with Crippen molar-refractivity contribution in [2.45, 2.75) is 11.8 Å². The number of hydrogen-bond acceptors (Lipinski definition) is 1. The van der Waals surface area contributed by atoms with Gasteiger partial charge in [0.1, 0.15) is 5.82 Å². The minimum Gasteiger partial charge on any atom is -0.253 e. The van der Waals surface area contributed by atoms with Crippen LogP contribution in [0.1, 0.15) is 16.6 Å². The van der Waals surface area contributed by atoms with Gasteiger partial charge in [-0.3, -0.25) is 4.98 Å². The van der Waals surface area contributed by atoms with Gasteiger partial charge < -0.3 is 0 Å². The van der Waals surface area contributed by atoms with Crippen molar-refractivity contribution in [2.24, 2.45) is 0 Å². The van der Waals surface area contributed by atoms with E-state index in [2.05, 4.69) is 20.9 Å². The molecule has 0 fully saturated rings. The van der Waals surface area contributed by atoms with Crippen molar-refractivity contribution < 1.29 is 4.39 Å². The highest BCUT2D eigenvalue weighted by Crippen LogP contribution is 2.28. The smallest absolute Gasteiger partial charge is 0.137 e. The van der Waals surface area contributed by atoms with Gasteiger partial charge in [0.25, 0.3) is 0 Å². The summed E-state index contributed by atoms with van der Waals surface area (Å²) in [7, 11) is 0. The number of aromatic nitrogens is 1. The van der Waals surface area contributed by atoms with Crippen LogP contribution in [0.5, 0.6) is 0 Å². The summed E-state index contributed by atoms with van der Waals surface area (Å²) in [6, 6.07) is 16.8. The van der Waals surface area contributed by atoms with Crippen LogP contribution in [0.4, 0.5) is 4.39 Å². The zero-order valence-corrected chi connectivity index (χ0v) is 13.4. The molecule has 0 spiro atoms. The van der Waals surface area contributed by atoms with Crippen molar-refractivity contribution >= 4 is 38.4 Å². The molecule has 0 saturated heterocycles. The molecule has 0 saturated carbocycles. The largest absolute Gasteiger partial charge is 0.253 e. The van der Waals surface area contributed by atoms with Crippen molar-refractivity contribution in [3.05, 3.63) is 76.1 Å². The van der Waals surface area contributed by atoms with Crippen LogP contribution in [0.2, 0.25) is 0 Å². The van der Waals surface area contributed by atoms with E-state index in [9.17, 15) is 4.39 Å². The number of halogens is 3. The first-order valence-electron chi connectivity index (χ1n) is 6.57. The molecule has 1 aromatic heterocycles. The predicted octanol–water partition coefficient (Wildman–Crippen LogP) is 5.66. The van der Waals surface area contributed by atoms with Gasteiger partial charge in [0.15, 0.2) is 0 Å². The fraction of sp³-hybridized carbons (Fsp3) is 0.118. The van der Waals surface area contributed by atoms with Crippen LogP contribution < -0.4 is 0 Å². The van der Waals surface area contributed by atoms with Crippen molar-refractivity contribution in [1.29, 1.82) is 0 Å². The molecule has 106 valence electrons. The van der Waals surface area contributed by atoms with Crippen molar-refractivity contribution in [1.82, 2.24) is 4.98 Å². The lowest BCUT2D eigenvalue weighted by Crippen LogP contribution is -1.99. The number of benzene rings is 2. The molecule has 21 heavy (non-hydrogen) atoms. The van der Waals surface area contributed by atoms with Gasteiger partial charge >= 0.3 is 0 Å². The Labute approximate surface area is 135 Å². The average Bonchev–Trinajstić information content (AvgIpc) is 2.50. The molecule has 0 aliphatic rings. The molecule has 3 aromatic rings. The van der Waals surface area contributed by atoms with E-state index in [-0.39, 0.29) is 11.2 Å². The lowest BCUT2D eigenvalue weighted by Gasteiger charge is -2.11. The maximum absolute atomic E-state index is 13.3. The highest BCUT2D eigenvalue weighted by atomic mass is 79.9. The van der Waals surface area contributed by atoms with E-state index in [1.807, 2.05) is 36.4 Å². The van der Waals surface area contributed by atoms with Crippen LogP contribution in [0.15, 0.2) is 59.1 Å². The Balaban J connectivity index is 1.85. The molecular weight excluding hydrogens is 353 g/mol. The lowest BCUT2D eigenvalue weighted by atomic mass is 10.1. The van der Waals surface area contributed by atoms with Crippen LogP contribution in [-0.2, 0) is 6.42 Å². The van der Waals surface area contributed by atoms with Gasteiger partial charge in [0.05, 0.1) is 15.4 Å². The number of pyridine rings is 1. The van der Waals surface area contributed by atoms with E-state index in [4.69, 9.17) is 11.6 Å². The Morgan fingerprint density at radius 2 is 1.90 bits per heavy atom. The molecule has 1 heterocycles. The first-order valence-corrected chi connectivity index (χ1v) is 7.80. The van der Waals surface area contributed by atoms with E-state index in [1.54, 1.807) is 12.1 Å². The second-order valence-electron chi connectivity index (χ2n) is 4.84. The van der Waals surface area contributed by atoms with Crippen LogP contribution in [0.3, 0.4) is 0 Å². The van der Waals surface area contributed by atoms with E-state index in [0.717, 1.165) is 22.2 Å². The number of rotatable bonds is 3. The van der Waals surface area contributed by atoms with E-state index in [0.29, 0.717) is 10.9 Å². The summed E-state index contributed by atoms with van der Waals surface area (Å²) in [5.74, 6) is -0.286. The molecule has 4 heteroatoms. The van der Waals surface area contributed by atoms with Gasteiger partial charge in [-0.2, -0.15) is 0 Å². The summed E-state index contributed by atoms with van der Waals surface area (Å²) in [5.41, 5.74) is 2.76. The molecule has 1 nitrogen and oxygen atoms in total. The van der Waals surface area contributed by atoms with E-state index >= 15 is 0 Å². The fourth-order valence-electron chi connectivity index (χ4n) is 2.23. The summed E-state index contributed by atoms with van der Waals surface area (Å²) < 4.78 is 13.7. The maximum atomic E-state index is 13.3. The average molecular weight is 365 g/mol. The number of alkyl halides is 1. The van der Waals surface area contributed by atoms with Crippen molar-refractivity contribution in [2.75, 3.05) is 0 Å². The normalized spacial score (nSPS) is 12.5. The summed E-state index contributed by atoms with van der Waals surface area (Å²) in [4.78, 5) is 4.61. The van der Waals surface area contributed by atoms with Crippen molar-refractivity contribution in [3.63, 3.8) is 0 Å². The molecule has 0 N–H and O–H groups in total. The zero-order chi connectivity index (χ0) is 14.8. The van der Waals surface area contributed by atoms with E-state index < -0.39 is 0 Å². The lowest BCUT2D eigenvalue weighted by molar-refractivity contribution is 0.620. The van der Waals surface area contributed by atoms with Crippen molar-refractivity contribution in [3.8, 4) is 0 Å². The SMILES string of the molecule is Fc1ccc(C(Cl)Cc2ccc3ccccc3n2)cc1Br. The zero-order valence-electron chi connectivity index (χ0n) is 11.1. The first kappa shape index (κ1) is 14.5. The maximum Gasteiger partial charge on any atom is 0.137 e. The van der Waals surface area contributed by atoms with Gasteiger partial charge in [0.2, 0.25) is 0 Å². The molecule has 1 unspecified atom stereocenters. The van der Waals surface area contributed by atoms with Gasteiger partial charge in [-0.15, -0.1) is 11.6 Å².